The summed E-state index contributed by atoms with van der Waals surface area (Å²) in [7, 11) is 0. The minimum absolute atomic E-state index is 0.942. The Hall–Kier alpha value is 0.0700. The number of aromatic nitrogens is 1. The first-order valence-corrected chi connectivity index (χ1v) is 4.32. The first kappa shape index (κ1) is 5.82. The monoisotopic (exact) mass is 204 g/mol. The maximum atomic E-state index is 4.26. The van der Waals surface area contributed by atoms with Crippen LogP contribution >= 0.6 is 27.3 Å². The van der Waals surface area contributed by atoms with Gasteiger partial charge in [0.2, 0.25) is 0 Å². The van der Waals surface area contributed by atoms with Crippen LogP contribution in [0.2, 0.25) is 0 Å². The van der Waals surface area contributed by atoms with Gasteiger partial charge in [0.25, 0.3) is 0 Å². The molecule has 0 fully saturated rings. The fraction of sp³-hybridized carbons (Fsp3) is 0.400. The Kier molecular flexibility index (Phi) is 1.32. The highest BCUT2D eigenvalue weighted by molar-refractivity contribution is 9.11. The van der Waals surface area contributed by atoms with Gasteiger partial charge in [0.1, 0.15) is 0 Å². The number of fused-ring (bicyclic) bond motifs is 1. The van der Waals surface area contributed by atoms with Crippen LogP contribution in [0.1, 0.15) is 10.6 Å². The van der Waals surface area contributed by atoms with E-state index in [2.05, 4.69) is 26.2 Å². The largest absolute Gasteiger partial charge is 0.306 e. The number of nitrogens with zero attached hydrogens (tertiary/aromatic N) is 1. The van der Waals surface area contributed by atoms with Crippen LogP contribution in [-0.4, -0.2) is 4.98 Å². The molecule has 1 aliphatic heterocycles. The summed E-state index contributed by atoms with van der Waals surface area (Å²) in [5.41, 5.74) is 1.21. The average Bonchev–Trinajstić information content (AvgIpc) is 2.22. The molecule has 9 heavy (non-hydrogen) atoms. The molecule has 48 valence electrons. The van der Waals surface area contributed by atoms with Crippen molar-refractivity contribution in [3.63, 3.8) is 0 Å². The van der Waals surface area contributed by atoms with E-state index in [0.717, 1.165) is 17.0 Å². The van der Waals surface area contributed by atoms with Gasteiger partial charge in [0, 0.05) is 18.0 Å². The number of rotatable bonds is 0. The first-order chi connectivity index (χ1) is 4.36. The average molecular weight is 205 g/mol. The van der Waals surface area contributed by atoms with E-state index in [-0.39, 0.29) is 0 Å². The zero-order chi connectivity index (χ0) is 6.27. The van der Waals surface area contributed by atoms with Crippen LogP contribution in [0.4, 0.5) is 0 Å². The van der Waals surface area contributed by atoms with Crippen molar-refractivity contribution in [2.75, 3.05) is 0 Å². The zero-order valence-electron chi connectivity index (χ0n) is 4.65. The second-order valence-electron chi connectivity index (χ2n) is 1.94. The maximum absolute atomic E-state index is 4.26. The normalized spacial score (nSPS) is 16.1. The summed E-state index contributed by atoms with van der Waals surface area (Å²) < 4.78 is 1.01. The highest BCUT2D eigenvalue weighted by atomic mass is 79.9. The third-order valence-electron chi connectivity index (χ3n) is 1.33. The number of nitrogens with one attached hydrogen (secondary N) is 1. The van der Waals surface area contributed by atoms with Crippen molar-refractivity contribution >= 4 is 27.3 Å². The minimum Gasteiger partial charge on any atom is -0.306 e. The molecule has 0 bridgehead atoms. The van der Waals surface area contributed by atoms with Crippen molar-refractivity contribution in [1.29, 1.82) is 0 Å². The van der Waals surface area contributed by atoms with Crippen LogP contribution in [0, 0.1) is 0 Å². The van der Waals surface area contributed by atoms with Crippen LogP contribution in [0.3, 0.4) is 0 Å². The van der Waals surface area contributed by atoms with E-state index >= 15 is 0 Å². The molecule has 1 aromatic rings. The van der Waals surface area contributed by atoms with E-state index in [0.29, 0.717) is 0 Å². The molecule has 1 aromatic heterocycles. The van der Waals surface area contributed by atoms with Gasteiger partial charge in [-0.1, -0.05) is 0 Å². The van der Waals surface area contributed by atoms with Gasteiger partial charge in [0.05, 0.1) is 5.69 Å². The Morgan fingerprint density at radius 3 is 3.22 bits per heavy atom. The van der Waals surface area contributed by atoms with Gasteiger partial charge in [-0.15, -0.1) is 11.3 Å². The van der Waals surface area contributed by atoms with Gasteiger partial charge in [0.15, 0.2) is 3.92 Å². The molecule has 0 unspecified atom stereocenters. The molecule has 1 aliphatic rings. The Bertz CT molecular complexity index is 211. The lowest BCUT2D eigenvalue weighted by Crippen LogP contribution is -2.01. The van der Waals surface area contributed by atoms with Crippen LogP contribution in [0.15, 0.2) is 3.92 Å². The molecule has 0 radical (unpaired) electrons. The molecule has 1 N–H and O–H groups in total. The van der Waals surface area contributed by atoms with Gasteiger partial charge in [-0.25, -0.2) is 4.98 Å². The van der Waals surface area contributed by atoms with Crippen LogP contribution in [0.5, 0.6) is 0 Å². The first-order valence-electron chi connectivity index (χ1n) is 2.71. The fourth-order valence-electron chi connectivity index (χ4n) is 0.923. The summed E-state index contributed by atoms with van der Waals surface area (Å²) >= 11 is 5.06. The summed E-state index contributed by atoms with van der Waals surface area (Å²) in [4.78, 5) is 5.64. The van der Waals surface area contributed by atoms with Crippen LogP contribution in [0.25, 0.3) is 0 Å². The smallest absolute Gasteiger partial charge is 0.159 e. The summed E-state index contributed by atoms with van der Waals surface area (Å²) in [6.45, 7) is 1.94. The summed E-state index contributed by atoms with van der Waals surface area (Å²) in [6, 6.07) is 0. The summed E-state index contributed by atoms with van der Waals surface area (Å²) in [5.74, 6) is 0. The van der Waals surface area contributed by atoms with Gasteiger partial charge in [-0.05, 0) is 15.9 Å². The lowest BCUT2D eigenvalue weighted by Gasteiger charge is -1.83. The number of halogens is 1. The van der Waals surface area contributed by atoms with Gasteiger partial charge in [-0.2, -0.15) is 0 Å². The third kappa shape index (κ3) is 0.911. The molecule has 0 saturated carbocycles. The lowest BCUT2D eigenvalue weighted by molar-refractivity contribution is 0.757. The standard InChI is InChI=1S/C5H5BrN2S/c6-5-8-3-1-7-2-4(3)9-5/h7H,1-2H2. The van der Waals surface area contributed by atoms with E-state index < -0.39 is 0 Å². The van der Waals surface area contributed by atoms with Gasteiger partial charge in [-0.3, -0.25) is 0 Å². The van der Waals surface area contributed by atoms with E-state index in [1.54, 1.807) is 11.3 Å². The van der Waals surface area contributed by atoms with Crippen LogP contribution in [-0.2, 0) is 13.1 Å². The highest BCUT2D eigenvalue weighted by Gasteiger charge is 2.14. The van der Waals surface area contributed by atoms with Crippen molar-refractivity contribution in [1.82, 2.24) is 10.3 Å². The summed E-state index contributed by atoms with van der Waals surface area (Å²) in [5, 5.41) is 3.22. The van der Waals surface area contributed by atoms with Crippen molar-refractivity contribution in [3.05, 3.63) is 14.5 Å². The van der Waals surface area contributed by atoms with Crippen molar-refractivity contribution in [3.8, 4) is 0 Å². The lowest BCUT2D eigenvalue weighted by atomic mass is 10.4. The maximum Gasteiger partial charge on any atom is 0.159 e. The van der Waals surface area contributed by atoms with E-state index in [1.165, 1.54) is 10.6 Å². The second-order valence-corrected chi connectivity index (χ2v) is 4.30. The van der Waals surface area contributed by atoms with E-state index in [1.807, 2.05) is 0 Å². The van der Waals surface area contributed by atoms with Crippen molar-refractivity contribution in [2.24, 2.45) is 0 Å². The molecule has 0 saturated heterocycles. The molecule has 0 aromatic carbocycles. The van der Waals surface area contributed by atoms with E-state index in [9.17, 15) is 0 Å². The van der Waals surface area contributed by atoms with Crippen LogP contribution < -0.4 is 5.32 Å². The molecule has 0 amide bonds. The number of hydrogen-bond donors (Lipinski definition) is 1. The molecule has 2 heterocycles. The number of hydrogen-bond acceptors (Lipinski definition) is 3. The summed E-state index contributed by atoms with van der Waals surface area (Å²) in [6.07, 6.45) is 0. The quantitative estimate of drug-likeness (QED) is 0.694. The van der Waals surface area contributed by atoms with Crippen molar-refractivity contribution in [2.45, 2.75) is 13.1 Å². The highest BCUT2D eigenvalue weighted by Crippen LogP contribution is 2.25. The second kappa shape index (κ2) is 2.04. The predicted molar refractivity (Wildman–Crippen MR) is 40.4 cm³/mol. The van der Waals surface area contributed by atoms with Gasteiger partial charge >= 0.3 is 0 Å². The van der Waals surface area contributed by atoms with Gasteiger partial charge < -0.3 is 5.32 Å². The fourth-order valence-corrected chi connectivity index (χ4v) is 2.49. The molecule has 0 atom stereocenters. The minimum atomic E-state index is 0.942. The molecule has 0 spiro atoms. The molecular formula is C5H5BrN2S. The zero-order valence-corrected chi connectivity index (χ0v) is 7.05. The molecular weight excluding hydrogens is 200 g/mol. The number of thiazole rings is 1. The topological polar surface area (TPSA) is 24.9 Å². The molecule has 2 nitrogen and oxygen atoms in total. The Morgan fingerprint density at radius 2 is 2.44 bits per heavy atom. The Balaban J connectivity index is 2.51. The van der Waals surface area contributed by atoms with Crippen molar-refractivity contribution < 1.29 is 0 Å². The Labute approximate surface area is 65.4 Å². The third-order valence-corrected chi connectivity index (χ3v) is 2.88. The molecule has 2 rings (SSSR count). The SMILES string of the molecule is Brc1nc2c(s1)CNC2. The Morgan fingerprint density at radius 1 is 1.56 bits per heavy atom. The molecule has 0 aliphatic carbocycles. The molecule has 4 heteroatoms. The predicted octanol–water partition coefficient (Wildman–Crippen LogP) is 1.51. The van der Waals surface area contributed by atoms with E-state index in [4.69, 9.17) is 0 Å².